The van der Waals surface area contributed by atoms with Crippen molar-refractivity contribution in [2.24, 2.45) is 0 Å². The van der Waals surface area contributed by atoms with Crippen LogP contribution in [0, 0.1) is 10.1 Å². The summed E-state index contributed by atoms with van der Waals surface area (Å²) in [6.07, 6.45) is -3.27. The molecule has 0 aliphatic heterocycles. The molecule has 8 heteroatoms. The van der Waals surface area contributed by atoms with E-state index in [-0.39, 0.29) is 11.4 Å². The molecular formula is C16H10F3N3O2. The SMILES string of the molecule is O=[N+]([O-])c1cnc2ccc(Nc3cccc(C(F)(F)F)c3)cc2c1. The summed E-state index contributed by atoms with van der Waals surface area (Å²) in [6, 6.07) is 11.0. The smallest absolute Gasteiger partial charge is 0.355 e. The van der Waals surface area contributed by atoms with E-state index >= 15 is 0 Å². The van der Waals surface area contributed by atoms with Gasteiger partial charge in [0.2, 0.25) is 0 Å². The minimum Gasteiger partial charge on any atom is -0.355 e. The van der Waals surface area contributed by atoms with Crippen LogP contribution in [0.2, 0.25) is 0 Å². The predicted molar refractivity (Wildman–Crippen MR) is 83.1 cm³/mol. The van der Waals surface area contributed by atoms with Crippen LogP contribution in [0.15, 0.2) is 54.7 Å². The molecule has 0 amide bonds. The van der Waals surface area contributed by atoms with Crippen LogP contribution < -0.4 is 5.32 Å². The van der Waals surface area contributed by atoms with Crippen LogP contribution >= 0.6 is 0 Å². The average Bonchev–Trinajstić information content (AvgIpc) is 2.53. The van der Waals surface area contributed by atoms with Crippen molar-refractivity contribution in [1.82, 2.24) is 4.98 Å². The molecule has 1 heterocycles. The van der Waals surface area contributed by atoms with Crippen LogP contribution in [0.1, 0.15) is 5.56 Å². The number of nitro groups is 1. The third kappa shape index (κ3) is 3.27. The Kier molecular flexibility index (Phi) is 3.80. The largest absolute Gasteiger partial charge is 0.416 e. The van der Waals surface area contributed by atoms with Crippen molar-refractivity contribution < 1.29 is 18.1 Å². The van der Waals surface area contributed by atoms with E-state index in [1.807, 2.05) is 0 Å². The lowest BCUT2D eigenvalue weighted by Crippen LogP contribution is -2.05. The number of alkyl halides is 3. The Balaban J connectivity index is 1.94. The van der Waals surface area contributed by atoms with E-state index < -0.39 is 16.7 Å². The first kappa shape index (κ1) is 15.7. The molecular weight excluding hydrogens is 323 g/mol. The number of benzene rings is 2. The van der Waals surface area contributed by atoms with Gasteiger partial charge in [-0.3, -0.25) is 10.1 Å². The van der Waals surface area contributed by atoms with E-state index in [2.05, 4.69) is 10.3 Å². The van der Waals surface area contributed by atoms with E-state index in [9.17, 15) is 23.3 Å². The summed E-state index contributed by atoms with van der Waals surface area (Å²) in [5, 5.41) is 14.2. The van der Waals surface area contributed by atoms with Crippen molar-refractivity contribution in [3.05, 3.63) is 70.4 Å². The van der Waals surface area contributed by atoms with E-state index in [1.165, 1.54) is 18.2 Å². The van der Waals surface area contributed by atoms with Crippen LogP contribution in [-0.2, 0) is 6.18 Å². The summed E-state index contributed by atoms with van der Waals surface area (Å²) in [4.78, 5) is 14.2. The van der Waals surface area contributed by atoms with Crippen LogP contribution in [0.3, 0.4) is 0 Å². The highest BCUT2D eigenvalue weighted by molar-refractivity contribution is 5.84. The first-order chi connectivity index (χ1) is 11.3. The molecule has 0 spiro atoms. The Labute approximate surface area is 133 Å². The fraction of sp³-hybridized carbons (Fsp3) is 0.0625. The van der Waals surface area contributed by atoms with E-state index in [0.717, 1.165) is 18.3 Å². The Morgan fingerprint density at radius 3 is 2.50 bits per heavy atom. The van der Waals surface area contributed by atoms with Gasteiger partial charge in [-0.1, -0.05) is 6.07 Å². The number of rotatable bonds is 3. The van der Waals surface area contributed by atoms with Gasteiger partial charge in [-0.25, -0.2) is 4.98 Å². The summed E-state index contributed by atoms with van der Waals surface area (Å²) in [6.45, 7) is 0. The van der Waals surface area contributed by atoms with Crippen LogP contribution in [0.4, 0.5) is 30.2 Å². The number of hydrogen-bond acceptors (Lipinski definition) is 4. The zero-order valence-electron chi connectivity index (χ0n) is 12.0. The molecule has 2 aromatic carbocycles. The number of aromatic nitrogens is 1. The van der Waals surface area contributed by atoms with Crippen LogP contribution in [0.25, 0.3) is 10.9 Å². The molecule has 1 aromatic heterocycles. The topological polar surface area (TPSA) is 68.1 Å². The fourth-order valence-electron chi connectivity index (χ4n) is 2.24. The first-order valence-electron chi connectivity index (χ1n) is 6.81. The summed E-state index contributed by atoms with van der Waals surface area (Å²) in [7, 11) is 0. The summed E-state index contributed by atoms with van der Waals surface area (Å²) >= 11 is 0. The third-order valence-electron chi connectivity index (χ3n) is 3.36. The molecule has 0 bridgehead atoms. The molecule has 0 saturated carbocycles. The number of pyridine rings is 1. The van der Waals surface area contributed by atoms with Gasteiger partial charge in [-0.2, -0.15) is 13.2 Å². The van der Waals surface area contributed by atoms with Crippen LogP contribution in [0.5, 0.6) is 0 Å². The van der Waals surface area contributed by atoms with Gasteiger partial charge in [-0.05, 0) is 36.4 Å². The standard InChI is InChI=1S/C16H10F3N3O2/c17-16(18,19)11-2-1-3-12(8-11)21-13-4-5-15-10(6-13)7-14(9-20-15)22(23)24/h1-9,21H. The molecule has 5 nitrogen and oxygen atoms in total. The van der Waals surface area contributed by atoms with Gasteiger partial charge in [0.1, 0.15) is 6.20 Å². The average molecular weight is 333 g/mol. The molecule has 0 unspecified atom stereocenters. The summed E-state index contributed by atoms with van der Waals surface area (Å²) in [5.41, 5.74) is 0.409. The molecule has 0 fully saturated rings. The second-order valence-electron chi connectivity index (χ2n) is 5.06. The number of nitrogens with zero attached hydrogens (tertiary/aromatic N) is 2. The van der Waals surface area contributed by atoms with Gasteiger partial charge in [-0.15, -0.1) is 0 Å². The monoisotopic (exact) mass is 333 g/mol. The Hall–Kier alpha value is -3.16. The van der Waals surface area contributed by atoms with Crippen molar-refractivity contribution in [3.8, 4) is 0 Å². The number of halogens is 3. The molecule has 0 radical (unpaired) electrons. The molecule has 0 aliphatic rings. The van der Waals surface area contributed by atoms with E-state index in [0.29, 0.717) is 16.6 Å². The maximum atomic E-state index is 12.7. The minimum absolute atomic E-state index is 0.154. The number of hydrogen-bond donors (Lipinski definition) is 1. The quantitative estimate of drug-likeness (QED) is 0.546. The lowest BCUT2D eigenvalue weighted by molar-refractivity contribution is -0.385. The third-order valence-corrected chi connectivity index (χ3v) is 3.36. The fourth-order valence-corrected chi connectivity index (χ4v) is 2.24. The molecule has 24 heavy (non-hydrogen) atoms. The van der Waals surface area contributed by atoms with Gasteiger partial charge in [0.25, 0.3) is 5.69 Å². The van der Waals surface area contributed by atoms with Crippen molar-refractivity contribution in [2.45, 2.75) is 6.18 Å². The lowest BCUT2D eigenvalue weighted by Gasteiger charge is -2.11. The van der Waals surface area contributed by atoms with Crippen LogP contribution in [-0.4, -0.2) is 9.91 Å². The highest BCUT2D eigenvalue weighted by Crippen LogP contribution is 2.32. The van der Waals surface area contributed by atoms with Gasteiger partial charge >= 0.3 is 6.18 Å². The molecule has 0 saturated heterocycles. The molecule has 3 rings (SSSR count). The Bertz CT molecular complexity index is 926. The van der Waals surface area contributed by atoms with Crippen molar-refractivity contribution in [1.29, 1.82) is 0 Å². The summed E-state index contributed by atoms with van der Waals surface area (Å²) < 4.78 is 38.2. The zero-order chi connectivity index (χ0) is 17.3. The lowest BCUT2D eigenvalue weighted by atomic mass is 10.1. The minimum atomic E-state index is -4.42. The molecule has 1 N–H and O–H groups in total. The van der Waals surface area contributed by atoms with Crippen molar-refractivity contribution in [2.75, 3.05) is 5.32 Å². The maximum absolute atomic E-state index is 12.7. The van der Waals surface area contributed by atoms with E-state index in [1.54, 1.807) is 18.2 Å². The van der Waals surface area contributed by atoms with Gasteiger partial charge in [0.15, 0.2) is 0 Å². The van der Waals surface area contributed by atoms with E-state index in [4.69, 9.17) is 0 Å². The molecule has 0 aliphatic carbocycles. The highest BCUT2D eigenvalue weighted by atomic mass is 19.4. The molecule has 3 aromatic rings. The van der Waals surface area contributed by atoms with Crippen molar-refractivity contribution in [3.63, 3.8) is 0 Å². The van der Waals surface area contributed by atoms with Crippen molar-refractivity contribution >= 4 is 28.0 Å². The number of nitrogens with one attached hydrogen (secondary N) is 1. The summed E-state index contributed by atoms with van der Waals surface area (Å²) in [5.74, 6) is 0. The predicted octanol–water partition coefficient (Wildman–Crippen LogP) is 4.91. The zero-order valence-corrected chi connectivity index (χ0v) is 12.0. The number of anilines is 2. The normalized spacial score (nSPS) is 11.5. The Morgan fingerprint density at radius 2 is 1.79 bits per heavy atom. The maximum Gasteiger partial charge on any atom is 0.416 e. The van der Waals surface area contributed by atoms with Gasteiger partial charge in [0.05, 0.1) is 16.0 Å². The number of fused-ring (bicyclic) bond motifs is 1. The second kappa shape index (κ2) is 5.80. The Morgan fingerprint density at radius 1 is 1.04 bits per heavy atom. The highest BCUT2D eigenvalue weighted by Gasteiger charge is 2.30. The van der Waals surface area contributed by atoms with Gasteiger partial charge in [0, 0.05) is 22.8 Å². The second-order valence-corrected chi connectivity index (χ2v) is 5.06. The molecule has 0 atom stereocenters. The molecule has 122 valence electrons. The van der Waals surface area contributed by atoms with Gasteiger partial charge < -0.3 is 5.32 Å². The first-order valence-corrected chi connectivity index (χ1v) is 6.81.